The number of rotatable bonds is 5. The molecule has 0 bridgehead atoms. The second-order valence-corrected chi connectivity index (χ2v) is 4.78. The lowest BCUT2D eigenvalue weighted by Crippen LogP contribution is -2.47. The van der Waals surface area contributed by atoms with Crippen molar-refractivity contribution in [2.24, 2.45) is 5.73 Å². The molecule has 0 saturated carbocycles. The van der Waals surface area contributed by atoms with E-state index in [1.807, 2.05) is 4.90 Å². The molecule has 1 aliphatic rings. The third kappa shape index (κ3) is 3.84. The monoisotopic (exact) mass is 270 g/mol. The summed E-state index contributed by atoms with van der Waals surface area (Å²) >= 11 is 0. The highest BCUT2D eigenvalue weighted by Gasteiger charge is 2.20. The van der Waals surface area contributed by atoms with Crippen LogP contribution in [-0.2, 0) is 0 Å². The molecule has 19 heavy (non-hydrogen) atoms. The molecule has 0 spiro atoms. The van der Waals surface area contributed by atoms with Gasteiger partial charge in [-0.3, -0.25) is 4.90 Å². The van der Waals surface area contributed by atoms with Crippen molar-refractivity contribution in [1.82, 2.24) is 9.88 Å². The quantitative estimate of drug-likeness (QED) is 0.817. The maximum Gasteiger partial charge on any atom is 0.168 e. The predicted octanol–water partition coefficient (Wildman–Crippen LogP) is 1.22. The van der Waals surface area contributed by atoms with E-state index in [1.165, 1.54) is 0 Å². The van der Waals surface area contributed by atoms with Gasteiger partial charge >= 0.3 is 0 Å². The maximum atomic E-state index is 13.6. The van der Waals surface area contributed by atoms with Gasteiger partial charge in [0.05, 0.1) is 6.20 Å². The Morgan fingerprint density at radius 2 is 1.89 bits per heavy atom. The zero-order valence-electron chi connectivity index (χ0n) is 11.0. The summed E-state index contributed by atoms with van der Waals surface area (Å²) in [6.45, 7) is 4.96. The van der Waals surface area contributed by atoms with Crippen LogP contribution in [0.15, 0.2) is 12.3 Å². The van der Waals surface area contributed by atoms with E-state index < -0.39 is 11.6 Å². The fraction of sp³-hybridized carbons (Fsp3) is 0.615. The second kappa shape index (κ2) is 6.77. The van der Waals surface area contributed by atoms with E-state index in [0.717, 1.165) is 64.4 Å². The van der Waals surface area contributed by atoms with Gasteiger partial charge in [-0.1, -0.05) is 0 Å². The van der Waals surface area contributed by atoms with E-state index >= 15 is 0 Å². The van der Waals surface area contributed by atoms with Gasteiger partial charge in [0.15, 0.2) is 11.6 Å². The van der Waals surface area contributed by atoms with Crippen LogP contribution in [0.1, 0.15) is 12.8 Å². The van der Waals surface area contributed by atoms with Crippen LogP contribution in [0.3, 0.4) is 0 Å². The Hall–Kier alpha value is -1.27. The van der Waals surface area contributed by atoms with Crippen LogP contribution in [0.2, 0.25) is 0 Å². The summed E-state index contributed by atoms with van der Waals surface area (Å²) in [5.41, 5.74) is 5.46. The molecule has 106 valence electrons. The number of piperazine rings is 1. The number of pyridine rings is 1. The van der Waals surface area contributed by atoms with Crippen molar-refractivity contribution in [1.29, 1.82) is 0 Å². The van der Waals surface area contributed by atoms with Crippen molar-refractivity contribution in [2.75, 3.05) is 44.2 Å². The van der Waals surface area contributed by atoms with Crippen molar-refractivity contribution in [2.45, 2.75) is 12.8 Å². The number of halogens is 2. The van der Waals surface area contributed by atoms with Gasteiger partial charge in [0.2, 0.25) is 0 Å². The summed E-state index contributed by atoms with van der Waals surface area (Å²) in [4.78, 5) is 8.05. The molecule has 1 aromatic heterocycles. The Balaban J connectivity index is 1.85. The Morgan fingerprint density at radius 3 is 2.53 bits per heavy atom. The minimum absolute atomic E-state index is 0.253. The summed E-state index contributed by atoms with van der Waals surface area (Å²) < 4.78 is 26.4. The predicted molar refractivity (Wildman–Crippen MR) is 71.1 cm³/mol. The highest BCUT2D eigenvalue weighted by Crippen LogP contribution is 2.18. The average Bonchev–Trinajstić information content (AvgIpc) is 2.40. The molecule has 4 nitrogen and oxygen atoms in total. The zero-order chi connectivity index (χ0) is 13.7. The van der Waals surface area contributed by atoms with Gasteiger partial charge in [-0.05, 0) is 25.9 Å². The van der Waals surface area contributed by atoms with Gasteiger partial charge in [0, 0.05) is 32.2 Å². The minimum atomic E-state index is -0.637. The van der Waals surface area contributed by atoms with Gasteiger partial charge in [0.1, 0.15) is 5.82 Å². The molecule has 0 aromatic carbocycles. The fourth-order valence-electron chi connectivity index (χ4n) is 2.30. The van der Waals surface area contributed by atoms with Gasteiger partial charge in [-0.25, -0.2) is 13.8 Å². The number of nitrogens with two attached hydrogens (primary N) is 1. The van der Waals surface area contributed by atoms with Crippen LogP contribution < -0.4 is 10.6 Å². The van der Waals surface area contributed by atoms with Crippen LogP contribution in [0, 0.1) is 11.6 Å². The zero-order valence-corrected chi connectivity index (χ0v) is 11.0. The summed E-state index contributed by atoms with van der Waals surface area (Å²) in [5, 5.41) is 0. The molecule has 6 heteroatoms. The van der Waals surface area contributed by atoms with Crippen molar-refractivity contribution in [3.8, 4) is 0 Å². The minimum Gasteiger partial charge on any atom is -0.352 e. The highest BCUT2D eigenvalue weighted by atomic mass is 19.1. The Kier molecular flexibility index (Phi) is 5.04. The van der Waals surface area contributed by atoms with E-state index in [0.29, 0.717) is 0 Å². The lowest BCUT2D eigenvalue weighted by Gasteiger charge is -2.35. The van der Waals surface area contributed by atoms with Gasteiger partial charge in [-0.2, -0.15) is 0 Å². The molecular weight excluding hydrogens is 250 g/mol. The standard InChI is InChI=1S/C13H20F2N4/c14-11-9-12(15)13(17-10-11)19-7-5-18(6-8-19)4-2-1-3-16/h9-10H,1-8,16H2. The summed E-state index contributed by atoms with van der Waals surface area (Å²) in [5.74, 6) is -0.971. The fourth-order valence-corrected chi connectivity index (χ4v) is 2.30. The highest BCUT2D eigenvalue weighted by molar-refractivity contribution is 5.40. The van der Waals surface area contributed by atoms with E-state index in [1.54, 1.807) is 0 Å². The molecular formula is C13H20F2N4. The van der Waals surface area contributed by atoms with Crippen LogP contribution in [0.4, 0.5) is 14.6 Å². The largest absolute Gasteiger partial charge is 0.352 e. The lowest BCUT2D eigenvalue weighted by atomic mass is 10.2. The summed E-state index contributed by atoms with van der Waals surface area (Å²) in [6.07, 6.45) is 3.19. The first kappa shape index (κ1) is 14.1. The van der Waals surface area contributed by atoms with Crippen LogP contribution >= 0.6 is 0 Å². The smallest absolute Gasteiger partial charge is 0.168 e. The normalized spacial score (nSPS) is 16.9. The number of unbranched alkanes of at least 4 members (excludes halogenated alkanes) is 1. The van der Waals surface area contributed by atoms with Gasteiger partial charge in [-0.15, -0.1) is 0 Å². The number of hydrogen-bond acceptors (Lipinski definition) is 4. The summed E-state index contributed by atoms with van der Waals surface area (Å²) in [7, 11) is 0. The number of hydrogen-bond donors (Lipinski definition) is 1. The Morgan fingerprint density at radius 1 is 1.16 bits per heavy atom. The first-order valence-electron chi connectivity index (χ1n) is 6.69. The number of nitrogens with zero attached hydrogens (tertiary/aromatic N) is 3. The molecule has 1 aliphatic heterocycles. The molecule has 0 radical (unpaired) electrons. The molecule has 0 atom stereocenters. The van der Waals surface area contributed by atoms with E-state index in [4.69, 9.17) is 5.73 Å². The SMILES string of the molecule is NCCCCN1CCN(c2ncc(F)cc2F)CC1. The molecule has 2 rings (SSSR count). The molecule has 0 aliphatic carbocycles. The van der Waals surface area contributed by atoms with E-state index in [9.17, 15) is 8.78 Å². The molecule has 1 saturated heterocycles. The van der Waals surface area contributed by atoms with Crippen LogP contribution in [-0.4, -0.2) is 49.2 Å². The van der Waals surface area contributed by atoms with Crippen molar-refractivity contribution >= 4 is 5.82 Å². The van der Waals surface area contributed by atoms with Crippen LogP contribution in [0.25, 0.3) is 0 Å². The lowest BCUT2D eigenvalue weighted by molar-refractivity contribution is 0.252. The Bertz CT molecular complexity index is 406. The average molecular weight is 270 g/mol. The molecule has 1 fully saturated rings. The third-order valence-electron chi connectivity index (χ3n) is 3.39. The molecule has 2 heterocycles. The van der Waals surface area contributed by atoms with Crippen LogP contribution in [0.5, 0.6) is 0 Å². The third-order valence-corrected chi connectivity index (χ3v) is 3.39. The van der Waals surface area contributed by atoms with E-state index in [-0.39, 0.29) is 5.82 Å². The molecule has 0 unspecified atom stereocenters. The maximum absolute atomic E-state index is 13.6. The topological polar surface area (TPSA) is 45.4 Å². The molecule has 0 amide bonds. The molecule has 2 N–H and O–H groups in total. The molecule has 1 aromatic rings. The van der Waals surface area contributed by atoms with E-state index in [2.05, 4.69) is 9.88 Å². The van der Waals surface area contributed by atoms with Gasteiger partial charge < -0.3 is 10.6 Å². The first-order valence-corrected chi connectivity index (χ1v) is 6.69. The number of anilines is 1. The summed E-state index contributed by atoms with van der Waals surface area (Å²) in [6, 6.07) is 0.885. The Labute approximate surface area is 112 Å². The number of aromatic nitrogens is 1. The van der Waals surface area contributed by atoms with Gasteiger partial charge in [0.25, 0.3) is 0 Å². The van der Waals surface area contributed by atoms with Crippen molar-refractivity contribution in [3.05, 3.63) is 23.9 Å². The van der Waals surface area contributed by atoms with Crippen molar-refractivity contribution in [3.63, 3.8) is 0 Å². The first-order chi connectivity index (χ1) is 9.20. The second-order valence-electron chi connectivity index (χ2n) is 4.78. The van der Waals surface area contributed by atoms with Crippen molar-refractivity contribution < 1.29 is 8.78 Å².